The Morgan fingerprint density at radius 3 is 2.50 bits per heavy atom. The first kappa shape index (κ1) is 14.5. The zero-order chi connectivity index (χ0) is 14.5. The molecule has 0 bridgehead atoms. The molecule has 0 spiro atoms. The minimum absolute atomic E-state index is 0.0334. The van der Waals surface area contributed by atoms with Crippen molar-refractivity contribution < 1.29 is 14.7 Å². The Labute approximate surface area is 118 Å². The van der Waals surface area contributed by atoms with Crippen LogP contribution in [0.25, 0.3) is 0 Å². The van der Waals surface area contributed by atoms with E-state index in [9.17, 15) is 9.59 Å². The van der Waals surface area contributed by atoms with Crippen LogP contribution in [0.5, 0.6) is 0 Å². The van der Waals surface area contributed by atoms with Gasteiger partial charge in [-0.3, -0.25) is 9.59 Å². The van der Waals surface area contributed by atoms with E-state index in [4.69, 9.17) is 5.11 Å². The fourth-order valence-corrected chi connectivity index (χ4v) is 1.88. The quantitative estimate of drug-likeness (QED) is 0.815. The molecule has 5 nitrogen and oxygen atoms in total. The van der Waals surface area contributed by atoms with Crippen LogP contribution in [0, 0.1) is 5.92 Å². The van der Waals surface area contributed by atoms with E-state index < -0.39 is 0 Å². The Kier molecular flexibility index (Phi) is 4.74. The van der Waals surface area contributed by atoms with Gasteiger partial charge in [-0.15, -0.1) is 0 Å². The van der Waals surface area contributed by atoms with Crippen molar-refractivity contribution in [2.24, 2.45) is 5.92 Å². The average molecular weight is 276 g/mol. The van der Waals surface area contributed by atoms with Gasteiger partial charge in [0.15, 0.2) is 0 Å². The van der Waals surface area contributed by atoms with Gasteiger partial charge >= 0.3 is 0 Å². The first-order valence-corrected chi connectivity index (χ1v) is 6.85. The molecule has 2 N–H and O–H groups in total. The summed E-state index contributed by atoms with van der Waals surface area (Å²) in [5.41, 5.74) is 1.66. The zero-order valence-electron chi connectivity index (χ0n) is 11.6. The van der Waals surface area contributed by atoms with E-state index in [1.54, 1.807) is 7.05 Å². The summed E-state index contributed by atoms with van der Waals surface area (Å²) >= 11 is 0. The summed E-state index contributed by atoms with van der Waals surface area (Å²) in [6, 6.07) is 7.31. The number of hydrogen-bond acceptors (Lipinski definition) is 3. The normalized spacial score (nSPS) is 13.9. The molecule has 0 heterocycles. The highest BCUT2D eigenvalue weighted by molar-refractivity contribution is 5.94. The van der Waals surface area contributed by atoms with E-state index in [1.807, 2.05) is 24.3 Å². The number of rotatable bonds is 6. The van der Waals surface area contributed by atoms with E-state index in [1.165, 1.54) is 4.90 Å². The Morgan fingerprint density at radius 2 is 1.95 bits per heavy atom. The highest BCUT2D eigenvalue weighted by Crippen LogP contribution is 2.30. The largest absolute Gasteiger partial charge is 0.395 e. The SMILES string of the molecule is CN(CCO)C(=O)Cc1ccc(NC(=O)C2CC2)cc1. The van der Waals surface area contributed by atoms with Crippen LogP contribution in [0.15, 0.2) is 24.3 Å². The van der Waals surface area contributed by atoms with Crippen molar-refractivity contribution in [2.75, 3.05) is 25.5 Å². The lowest BCUT2D eigenvalue weighted by atomic mass is 10.1. The third kappa shape index (κ3) is 4.06. The summed E-state index contributed by atoms with van der Waals surface area (Å²) in [5, 5.41) is 11.6. The van der Waals surface area contributed by atoms with Crippen molar-refractivity contribution in [3.05, 3.63) is 29.8 Å². The molecule has 0 saturated heterocycles. The second-order valence-electron chi connectivity index (χ2n) is 5.18. The first-order valence-electron chi connectivity index (χ1n) is 6.85. The van der Waals surface area contributed by atoms with E-state index >= 15 is 0 Å². The molecule has 20 heavy (non-hydrogen) atoms. The van der Waals surface area contributed by atoms with Crippen molar-refractivity contribution in [1.82, 2.24) is 4.90 Å². The maximum atomic E-state index is 11.8. The van der Waals surface area contributed by atoms with Crippen molar-refractivity contribution in [3.8, 4) is 0 Å². The molecule has 1 aromatic rings. The Bertz CT molecular complexity index is 480. The van der Waals surface area contributed by atoms with Gasteiger partial charge in [-0.1, -0.05) is 12.1 Å². The van der Waals surface area contributed by atoms with E-state index in [-0.39, 0.29) is 24.3 Å². The van der Waals surface area contributed by atoms with Crippen LogP contribution in [0.1, 0.15) is 18.4 Å². The van der Waals surface area contributed by atoms with E-state index in [0.717, 1.165) is 24.1 Å². The zero-order valence-corrected chi connectivity index (χ0v) is 11.6. The van der Waals surface area contributed by atoms with Gasteiger partial charge in [0, 0.05) is 25.2 Å². The van der Waals surface area contributed by atoms with Gasteiger partial charge in [0.2, 0.25) is 11.8 Å². The lowest BCUT2D eigenvalue weighted by molar-refractivity contribution is -0.129. The number of amides is 2. The fraction of sp³-hybridized carbons (Fsp3) is 0.467. The first-order chi connectivity index (χ1) is 9.60. The predicted octanol–water partition coefficient (Wildman–Crippen LogP) is 1.03. The summed E-state index contributed by atoms with van der Waals surface area (Å²) in [5.74, 6) is 0.230. The molecule has 1 aliphatic carbocycles. The minimum Gasteiger partial charge on any atom is -0.395 e. The highest BCUT2D eigenvalue weighted by atomic mass is 16.3. The van der Waals surface area contributed by atoms with Crippen molar-refractivity contribution in [2.45, 2.75) is 19.3 Å². The Morgan fingerprint density at radius 1 is 1.30 bits per heavy atom. The maximum absolute atomic E-state index is 11.8. The van der Waals surface area contributed by atoms with Gasteiger partial charge in [-0.25, -0.2) is 0 Å². The smallest absolute Gasteiger partial charge is 0.227 e. The number of hydrogen-bond donors (Lipinski definition) is 2. The van der Waals surface area contributed by atoms with Crippen molar-refractivity contribution >= 4 is 17.5 Å². The molecule has 1 fully saturated rings. The number of nitrogens with one attached hydrogen (secondary N) is 1. The van der Waals surface area contributed by atoms with Crippen molar-refractivity contribution in [3.63, 3.8) is 0 Å². The Balaban J connectivity index is 1.87. The fourth-order valence-electron chi connectivity index (χ4n) is 1.88. The summed E-state index contributed by atoms with van der Waals surface area (Å²) in [6.45, 7) is 0.308. The van der Waals surface area contributed by atoms with Gasteiger partial charge in [0.25, 0.3) is 0 Å². The van der Waals surface area contributed by atoms with Crippen LogP contribution in [0.3, 0.4) is 0 Å². The van der Waals surface area contributed by atoms with Crippen LogP contribution in [0.2, 0.25) is 0 Å². The van der Waals surface area contributed by atoms with Crippen LogP contribution in [0.4, 0.5) is 5.69 Å². The number of carbonyl (C=O) groups excluding carboxylic acids is 2. The third-order valence-electron chi connectivity index (χ3n) is 3.39. The molecule has 0 atom stereocenters. The molecule has 0 aliphatic heterocycles. The van der Waals surface area contributed by atoms with Gasteiger partial charge in [-0.2, -0.15) is 0 Å². The highest BCUT2D eigenvalue weighted by Gasteiger charge is 2.29. The number of aliphatic hydroxyl groups is 1. The van der Waals surface area contributed by atoms with Gasteiger partial charge in [-0.05, 0) is 30.5 Å². The lowest BCUT2D eigenvalue weighted by Gasteiger charge is -2.15. The molecule has 108 valence electrons. The van der Waals surface area contributed by atoms with E-state index in [2.05, 4.69) is 5.32 Å². The molecular weight excluding hydrogens is 256 g/mol. The standard InChI is InChI=1S/C15H20N2O3/c1-17(8-9-18)14(19)10-11-2-6-13(7-3-11)16-15(20)12-4-5-12/h2-3,6-7,12,18H,4-5,8-10H2,1H3,(H,16,20). The second-order valence-corrected chi connectivity index (χ2v) is 5.18. The molecule has 1 saturated carbocycles. The molecular formula is C15H20N2O3. The summed E-state index contributed by atoms with van der Waals surface area (Å²) in [4.78, 5) is 24.9. The number of likely N-dealkylation sites (N-methyl/N-ethyl adjacent to an activating group) is 1. The number of carbonyl (C=O) groups is 2. The molecule has 1 aromatic carbocycles. The topological polar surface area (TPSA) is 69.6 Å². The van der Waals surface area contributed by atoms with Crippen molar-refractivity contribution in [1.29, 1.82) is 0 Å². The predicted molar refractivity (Wildman–Crippen MR) is 76.2 cm³/mol. The van der Waals surface area contributed by atoms with Crippen LogP contribution < -0.4 is 5.32 Å². The molecule has 5 heteroatoms. The summed E-state index contributed by atoms with van der Waals surface area (Å²) < 4.78 is 0. The second kappa shape index (κ2) is 6.52. The molecule has 1 aliphatic rings. The number of anilines is 1. The minimum atomic E-state index is -0.0335. The van der Waals surface area contributed by atoms with Crippen LogP contribution >= 0.6 is 0 Å². The van der Waals surface area contributed by atoms with Gasteiger partial charge < -0.3 is 15.3 Å². The molecule has 0 unspecified atom stereocenters. The van der Waals surface area contributed by atoms with Gasteiger partial charge in [0.05, 0.1) is 13.0 Å². The van der Waals surface area contributed by atoms with Crippen LogP contribution in [-0.2, 0) is 16.0 Å². The number of aliphatic hydroxyl groups excluding tert-OH is 1. The maximum Gasteiger partial charge on any atom is 0.227 e. The third-order valence-corrected chi connectivity index (χ3v) is 3.39. The molecule has 2 amide bonds. The number of nitrogens with zero attached hydrogens (tertiary/aromatic N) is 1. The van der Waals surface area contributed by atoms with Gasteiger partial charge in [0.1, 0.15) is 0 Å². The summed E-state index contributed by atoms with van der Waals surface area (Å²) in [6.07, 6.45) is 2.26. The van der Waals surface area contributed by atoms with E-state index in [0.29, 0.717) is 13.0 Å². The van der Waals surface area contributed by atoms with Crippen LogP contribution in [-0.4, -0.2) is 42.0 Å². The number of benzene rings is 1. The Hall–Kier alpha value is -1.88. The molecule has 0 aromatic heterocycles. The molecule has 0 radical (unpaired) electrons. The average Bonchev–Trinajstić information content (AvgIpc) is 3.25. The lowest BCUT2D eigenvalue weighted by Crippen LogP contribution is -2.30. The summed E-state index contributed by atoms with van der Waals surface area (Å²) in [7, 11) is 1.67. The molecule has 2 rings (SSSR count). The monoisotopic (exact) mass is 276 g/mol.